The van der Waals surface area contributed by atoms with E-state index in [9.17, 15) is 9.59 Å². The fourth-order valence-corrected chi connectivity index (χ4v) is 4.25. The first-order valence-electron chi connectivity index (χ1n) is 10.2. The molecule has 2 N–H and O–H groups in total. The van der Waals surface area contributed by atoms with Crippen LogP contribution >= 0.6 is 0 Å². The highest BCUT2D eigenvalue weighted by atomic mass is 16.5. The minimum absolute atomic E-state index is 0.123. The first-order valence-corrected chi connectivity index (χ1v) is 10.2. The number of urea groups is 1. The lowest BCUT2D eigenvalue weighted by atomic mass is 9.93. The highest BCUT2D eigenvalue weighted by molar-refractivity contribution is 6.06. The van der Waals surface area contributed by atoms with Crippen molar-refractivity contribution in [3.8, 4) is 5.75 Å². The Labute approximate surface area is 171 Å². The van der Waals surface area contributed by atoms with Crippen molar-refractivity contribution >= 4 is 11.9 Å². The summed E-state index contributed by atoms with van der Waals surface area (Å²) < 4.78 is 5.19. The molecule has 1 saturated heterocycles. The Morgan fingerprint density at radius 2 is 1.83 bits per heavy atom. The summed E-state index contributed by atoms with van der Waals surface area (Å²) in [6.07, 6.45) is 2.26. The third kappa shape index (κ3) is 3.98. The molecule has 6 heteroatoms. The summed E-state index contributed by atoms with van der Waals surface area (Å²) in [6.45, 7) is 4.02. The number of quaternary nitrogens is 1. The van der Waals surface area contributed by atoms with Crippen LogP contribution in [0.1, 0.15) is 30.0 Å². The Hall–Kier alpha value is -2.86. The first-order chi connectivity index (χ1) is 14.0. The van der Waals surface area contributed by atoms with Crippen molar-refractivity contribution in [1.82, 2.24) is 10.2 Å². The smallest absolute Gasteiger partial charge is 0.329 e. The number of benzene rings is 2. The van der Waals surface area contributed by atoms with E-state index in [-0.39, 0.29) is 11.9 Å². The monoisotopic (exact) mass is 394 g/mol. The number of methoxy groups -OCH3 is 1. The number of amides is 3. The minimum atomic E-state index is -0.857. The van der Waals surface area contributed by atoms with E-state index in [4.69, 9.17) is 4.74 Å². The summed E-state index contributed by atoms with van der Waals surface area (Å²) in [6, 6.07) is 16.0. The molecule has 2 atom stereocenters. The van der Waals surface area contributed by atoms with Gasteiger partial charge in [0.25, 0.3) is 5.91 Å². The second-order valence-corrected chi connectivity index (χ2v) is 8.20. The quantitative estimate of drug-likeness (QED) is 0.731. The molecule has 2 aliphatic rings. The zero-order valence-electron chi connectivity index (χ0n) is 17.0. The molecule has 1 unspecified atom stereocenters. The van der Waals surface area contributed by atoms with E-state index in [1.54, 1.807) is 7.11 Å². The van der Waals surface area contributed by atoms with Gasteiger partial charge in [0.1, 0.15) is 17.8 Å². The molecule has 4 rings (SSSR count). The van der Waals surface area contributed by atoms with Gasteiger partial charge in [0.2, 0.25) is 0 Å². The van der Waals surface area contributed by atoms with Gasteiger partial charge in [-0.1, -0.05) is 36.4 Å². The standard InChI is InChI=1S/C23H27N3O3/c1-23(13-11-17-7-9-20(29-2)10-8-17)21(27)26(22(28)24-23)16-25-14-12-18-5-3-4-6-19(18)15-25/h3-10H,11-16H2,1-2H3,(H,24,28)/p+1/t23-/m0/s1. The maximum absolute atomic E-state index is 13.1. The summed E-state index contributed by atoms with van der Waals surface area (Å²) >= 11 is 0. The van der Waals surface area contributed by atoms with Crippen molar-refractivity contribution in [2.75, 3.05) is 20.3 Å². The number of nitrogens with zero attached hydrogens (tertiary/aromatic N) is 1. The molecule has 0 saturated carbocycles. The third-order valence-electron chi connectivity index (χ3n) is 6.11. The van der Waals surface area contributed by atoms with Crippen LogP contribution in [0.5, 0.6) is 5.75 Å². The SMILES string of the molecule is COc1ccc(CC[C@]2(C)NC(=O)N(C[NH+]3CCc4ccccc4C3)C2=O)cc1. The second-order valence-electron chi connectivity index (χ2n) is 8.20. The fourth-order valence-electron chi connectivity index (χ4n) is 4.25. The molecule has 2 heterocycles. The molecule has 152 valence electrons. The van der Waals surface area contributed by atoms with Crippen LogP contribution in [-0.4, -0.2) is 42.7 Å². The van der Waals surface area contributed by atoms with Crippen molar-refractivity contribution in [2.45, 2.75) is 38.3 Å². The number of rotatable bonds is 6. The van der Waals surface area contributed by atoms with Crippen LogP contribution < -0.4 is 15.0 Å². The van der Waals surface area contributed by atoms with Crippen LogP contribution in [0.15, 0.2) is 48.5 Å². The number of imide groups is 1. The van der Waals surface area contributed by atoms with Gasteiger partial charge in [0.15, 0.2) is 6.67 Å². The van der Waals surface area contributed by atoms with E-state index in [2.05, 4.69) is 23.5 Å². The fraction of sp³-hybridized carbons (Fsp3) is 0.391. The molecular formula is C23H28N3O3+. The Kier molecular flexibility index (Phi) is 5.28. The number of hydrogen-bond donors (Lipinski definition) is 2. The number of carbonyl (C=O) groups excluding carboxylic acids is 2. The molecule has 3 amide bonds. The predicted molar refractivity (Wildman–Crippen MR) is 110 cm³/mol. The zero-order chi connectivity index (χ0) is 20.4. The molecule has 2 aromatic rings. The summed E-state index contributed by atoms with van der Waals surface area (Å²) in [5.74, 6) is 0.685. The molecule has 1 fully saturated rings. The minimum Gasteiger partial charge on any atom is -0.497 e. The maximum Gasteiger partial charge on any atom is 0.329 e. The summed E-state index contributed by atoms with van der Waals surface area (Å²) in [7, 11) is 1.64. The summed E-state index contributed by atoms with van der Waals surface area (Å²) in [5.41, 5.74) is 2.94. The van der Waals surface area contributed by atoms with Crippen LogP contribution in [0.25, 0.3) is 0 Å². The Bertz CT molecular complexity index is 912. The molecular weight excluding hydrogens is 366 g/mol. The lowest BCUT2D eigenvalue weighted by Gasteiger charge is -2.28. The van der Waals surface area contributed by atoms with E-state index in [1.165, 1.54) is 20.9 Å². The average Bonchev–Trinajstić information content (AvgIpc) is 2.96. The van der Waals surface area contributed by atoms with E-state index in [1.807, 2.05) is 37.3 Å². The number of aryl methyl sites for hydroxylation is 1. The Morgan fingerprint density at radius 3 is 2.55 bits per heavy atom. The highest BCUT2D eigenvalue weighted by Gasteiger charge is 2.48. The highest BCUT2D eigenvalue weighted by Crippen LogP contribution is 2.23. The lowest BCUT2D eigenvalue weighted by Crippen LogP contribution is -3.13. The van der Waals surface area contributed by atoms with Crippen LogP contribution in [0.4, 0.5) is 4.79 Å². The second kappa shape index (κ2) is 7.87. The van der Waals surface area contributed by atoms with Gasteiger partial charge in [0.05, 0.1) is 13.7 Å². The molecule has 0 aliphatic carbocycles. The van der Waals surface area contributed by atoms with Gasteiger partial charge in [-0.15, -0.1) is 0 Å². The number of fused-ring (bicyclic) bond motifs is 1. The van der Waals surface area contributed by atoms with E-state index in [0.29, 0.717) is 19.5 Å². The Morgan fingerprint density at radius 1 is 1.10 bits per heavy atom. The molecule has 0 radical (unpaired) electrons. The van der Waals surface area contributed by atoms with Gasteiger partial charge in [-0.3, -0.25) is 4.79 Å². The zero-order valence-corrected chi connectivity index (χ0v) is 17.0. The predicted octanol–water partition coefficient (Wildman–Crippen LogP) is 1.54. The average molecular weight is 394 g/mol. The number of nitrogens with one attached hydrogen (secondary N) is 2. The van der Waals surface area contributed by atoms with Crippen LogP contribution in [0, 0.1) is 0 Å². The topological polar surface area (TPSA) is 63.1 Å². The van der Waals surface area contributed by atoms with Crippen molar-refractivity contribution < 1.29 is 19.2 Å². The molecule has 6 nitrogen and oxygen atoms in total. The first kappa shape index (κ1) is 19.5. The van der Waals surface area contributed by atoms with Gasteiger partial charge in [-0.25, -0.2) is 9.69 Å². The van der Waals surface area contributed by atoms with Crippen LogP contribution in [0.2, 0.25) is 0 Å². The Balaban J connectivity index is 1.38. The molecule has 0 bridgehead atoms. The van der Waals surface area contributed by atoms with Crippen molar-refractivity contribution in [1.29, 1.82) is 0 Å². The van der Waals surface area contributed by atoms with Gasteiger partial charge in [0, 0.05) is 12.0 Å². The lowest BCUT2D eigenvalue weighted by molar-refractivity contribution is -0.923. The van der Waals surface area contributed by atoms with Gasteiger partial charge < -0.3 is 15.0 Å². The summed E-state index contributed by atoms with van der Waals surface area (Å²) in [5, 5.41) is 2.93. The van der Waals surface area contributed by atoms with Crippen molar-refractivity contribution in [3.63, 3.8) is 0 Å². The van der Waals surface area contributed by atoms with Crippen molar-refractivity contribution in [3.05, 3.63) is 65.2 Å². The molecule has 2 aromatic carbocycles. The largest absolute Gasteiger partial charge is 0.497 e. The normalized spacial score (nSPS) is 23.7. The van der Waals surface area contributed by atoms with Crippen molar-refractivity contribution in [2.24, 2.45) is 0 Å². The van der Waals surface area contributed by atoms with Crippen LogP contribution in [-0.2, 0) is 24.2 Å². The summed E-state index contributed by atoms with van der Waals surface area (Å²) in [4.78, 5) is 28.3. The molecule has 0 spiro atoms. The number of hydrogen-bond acceptors (Lipinski definition) is 3. The third-order valence-corrected chi connectivity index (χ3v) is 6.11. The maximum atomic E-state index is 13.1. The van der Waals surface area contributed by atoms with E-state index in [0.717, 1.165) is 30.8 Å². The molecule has 29 heavy (non-hydrogen) atoms. The van der Waals surface area contributed by atoms with E-state index >= 15 is 0 Å². The van der Waals surface area contributed by atoms with Crippen LogP contribution in [0.3, 0.4) is 0 Å². The van der Waals surface area contributed by atoms with E-state index < -0.39 is 5.54 Å². The van der Waals surface area contributed by atoms with Gasteiger partial charge >= 0.3 is 6.03 Å². The van der Waals surface area contributed by atoms with Gasteiger partial charge in [-0.2, -0.15) is 0 Å². The van der Waals surface area contributed by atoms with Gasteiger partial charge in [-0.05, 0) is 43.0 Å². The number of carbonyl (C=O) groups is 2. The molecule has 0 aromatic heterocycles. The molecule has 2 aliphatic heterocycles. The number of ether oxygens (including phenoxy) is 1.